The van der Waals surface area contributed by atoms with Crippen molar-refractivity contribution in [1.82, 2.24) is 5.32 Å². The van der Waals surface area contributed by atoms with Crippen LogP contribution in [0.1, 0.15) is 20.3 Å². The third-order valence-electron chi connectivity index (χ3n) is 1.67. The van der Waals surface area contributed by atoms with E-state index < -0.39 is 0 Å². The van der Waals surface area contributed by atoms with Crippen molar-refractivity contribution in [2.24, 2.45) is 11.7 Å². The minimum atomic E-state index is -0.309. The van der Waals surface area contributed by atoms with Gasteiger partial charge in [0.25, 0.3) is 0 Å². The highest BCUT2D eigenvalue weighted by Gasteiger charge is 2.14. The molecule has 0 rings (SSSR count). The quantitative estimate of drug-likeness (QED) is 0.577. The first-order valence-corrected chi connectivity index (χ1v) is 4.75. The van der Waals surface area contributed by atoms with E-state index in [-0.39, 0.29) is 24.2 Å². The minimum absolute atomic E-state index is 0.136. The van der Waals surface area contributed by atoms with Gasteiger partial charge in [0.2, 0.25) is 5.91 Å². The van der Waals surface area contributed by atoms with Gasteiger partial charge in [0.1, 0.15) is 0 Å². The lowest BCUT2D eigenvalue weighted by atomic mass is 10.2. The summed E-state index contributed by atoms with van der Waals surface area (Å²) in [6.45, 7) is 4.44. The Hall–Kier alpha value is -1.10. The molecule has 0 radical (unpaired) electrons. The van der Waals surface area contributed by atoms with Gasteiger partial charge < -0.3 is 15.8 Å². The second-order valence-electron chi connectivity index (χ2n) is 3.00. The van der Waals surface area contributed by atoms with Crippen LogP contribution in [0.2, 0.25) is 0 Å². The summed E-state index contributed by atoms with van der Waals surface area (Å²) >= 11 is 0. The smallest absolute Gasteiger partial charge is 0.310 e. The summed E-state index contributed by atoms with van der Waals surface area (Å²) in [5.74, 6) is -0.735. The van der Waals surface area contributed by atoms with Crippen molar-refractivity contribution in [3.8, 4) is 0 Å². The molecule has 0 aliphatic heterocycles. The molecule has 5 nitrogen and oxygen atoms in total. The van der Waals surface area contributed by atoms with E-state index in [0.29, 0.717) is 19.7 Å². The lowest BCUT2D eigenvalue weighted by Gasteiger charge is -2.11. The van der Waals surface area contributed by atoms with Crippen molar-refractivity contribution >= 4 is 11.9 Å². The summed E-state index contributed by atoms with van der Waals surface area (Å²) in [4.78, 5) is 22.1. The fraction of sp³-hybridized carbons (Fsp3) is 0.778. The second kappa shape index (κ2) is 7.32. The molecule has 0 aromatic heterocycles. The van der Waals surface area contributed by atoms with Gasteiger partial charge in [-0.2, -0.15) is 0 Å². The highest BCUT2D eigenvalue weighted by atomic mass is 16.5. The molecule has 82 valence electrons. The van der Waals surface area contributed by atoms with Crippen LogP contribution in [-0.2, 0) is 14.3 Å². The van der Waals surface area contributed by atoms with E-state index in [9.17, 15) is 9.59 Å². The molecule has 3 N–H and O–H groups in total. The largest absolute Gasteiger partial charge is 0.466 e. The Kier molecular flexibility index (Phi) is 6.74. The lowest BCUT2D eigenvalue weighted by Crippen LogP contribution is -2.33. The topological polar surface area (TPSA) is 81.4 Å². The van der Waals surface area contributed by atoms with Gasteiger partial charge in [-0.05, 0) is 6.92 Å². The van der Waals surface area contributed by atoms with Crippen LogP contribution in [-0.4, -0.2) is 31.6 Å². The number of hydrogen-bond donors (Lipinski definition) is 2. The zero-order valence-corrected chi connectivity index (χ0v) is 8.71. The first-order valence-electron chi connectivity index (χ1n) is 4.75. The Balaban J connectivity index is 3.67. The number of hydrogen-bond acceptors (Lipinski definition) is 4. The van der Waals surface area contributed by atoms with E-state index in [1.807, 2.05) is 0 Å². The summed E-state index contributed by atoms with van der Waals surface area (Å²) in [6.07, 6.45) is 0.287. The molecule has 0 aromatic rings. The van der Waals surface area contributed by atoms with Crippen molar-refractivity contribution in [1.29, 1.82) is 0 Å². The number of nitrogens with one attached hydrogen (secondary N) is 1. The van der Waals surface area contributed by atoms with E-state index in [1.165, 1.54) is 0 Å². The minimum Gasteiger partial charge on any atom is -0.466 e. The predicted octanol–water partition coefficient (Wildman–Crippen LogP) is -0.349. The molecule has 0 spiro atoms. The number of carbonyl (C=O) groups is 2. The molecule has 1 atom stereocenters. The van der Waals surface area contributed by atoms with Crippen LogP contribution in [0.3, 0.4) is 0 Å². The fourth-order valence-electron chi connectivity index (χ4n) is 0.854. The molecule has 5 heteroatoms. The molecule has 0 aliphatic rings. The highest BCUT2D eigenvalue weighted by molar-refractivity contribution is 5.77. The predicted molar refractivity (Wildman–Crippen MR) is 52.5 cm³/mol. The van der Waals surface area contributed by atoms with Gasteiger partial charge in [0.15, 0.2) is 0 Å². The van der Waals surface area contributed by atoms with Gasteiger partial charge in [-0.25, -0.2) is 0 Å². The van der Waals surface area contributed by atoms with Crippen molar-refractivity contribution in [3.05, 3.63) is 0 Å². The standard InChI is InChI=1S/C9H18N2O3/c1-3-14-9(13)7(2)6-11-8(12)4-5-10/h7H,3-6,10H2,1-2H3,(H,11,12). The third-order valence-corrected chi connectivity index (χ3v) is 1.67. The van der Waals surface area contributed by atoms with Crippen molar-refractivity contribution in [2.45, 2.75) is 20.3 Å². The second-order valence-corrected chi connectivity index (χ2v) is 3.00. The van der Waals surface area contributed by atoms with E-state index in [2.05, 4.69) is 5.32 Å². The summed E-state index contributed by atoms with van der Waals surface area (Å²) in [7, 11) is 0. The fourth-order valence-corrected chi connectivity index (χ4v) is 0.854. The summed E-state index contributed by atoms with van der Waals surface area (Å²) in [5.41, 5.74) is 5.19. The Bertz CT molecular complexity index is 194. The van der Waals surface area contributed by atoms with Crippen LogP contribution in [0, 0.1) is 5.92 Å². The van der Waals surface area contributed by atoms with Crippen LogP contribution < -0.4 is 11.1 Å². The van der Waals surface area contributed by atoms with Gasteiger partial charge in [-0.15, -0.1) is 0 Å². The molecule has 0 saturated heterocycles. The number of nitrogens with two attached hydrogens (primary N) is 1. The first-order chi connectivity index (χ1) is 6.61. The zero-order valence-electron chi connectivity index (χ0n) is 8.71. The average Bonchev–Trinajstić information content (AvgIpc) is 2.15. The zero-order chi connectivity index (χ0) is 11.0. The van der Waals surface area contributed by atoms with Crippen molar-refractivity contribution in [2.75, 3.05) is 19.7 Å². The normalized spacial score (nSPS) is 11.9. The summed E-state index contributed by atoms with van der Waals surface area (Å²) < 4.78 is 4.78. The van der Waals surface area contributed by atoms with Gasteiger partial charge in [0, 0.05) is 19.5 Å². The Morgan fingerprint density at radius 3 is 2.64 bits per heavy atom. The molecule has 0 bridgehead atoms. The Morgan fingerprint density at radius 1 is 1.50 bits per heavy atom. The lowest BCUT2D eigenvalue weighted by molar-refractivity contribution is -0.147. The molecular weight excluding hydrogens is 184 g/mol. The molecule has 0 fully saturated rings. The van der Waals surface area contributed by atoms with Crippen LogP contribution in [0.25, 0.3) is 0 Å². The maximum absolute atomic E-state index is 11.1. The highest BCUT2D eigenvalue weighted by Crippen LogP contribution is 1.96. The molecule has 0 heterocycles. The number of rotatable bonds is 6. The van der Waals surface area contributed by atoms with E-state index >= 15 is 0 Å². The number of carbonyl (C=O) groups excluding carboxylic acids is 2. The number of ether oxygens (including phenoxy) is 1. The SMILES string of the molecule is CCOC(=O)C(C)CNC(=O)CCN. The van der Waals surface area contributed by atoms with Gasteiger partial charge in [-0.3, -0.25) is 9.59 Å². The molecule has 1 amide bonds. The van der Waals surface area contributed by atoms with E-state index in [0.717, 1.165) is 0 Å². The molecule has 0 saturated carbocycles. The van der Waals surface area contributed by atoms with Crippen LogP contribution in [0.15, 0.2) is 0 Å². The summed E-state index contributed by atoms with van der Waals surface area (Å²) in [5, 5.41) is 2.60. The van der Waals surface area contributed by atoms with Crippen molar-refractivity contribution in [3.63, 3.8) is 0 Å². The monoisotopic (exact) mass is 202 g/mol. The van der Waals surface area contributed by atoms with Gasteiger partial charge in [-0.1, -0.05) is 6.92 Å². The molecule has 14 heavy (non-hydrogen) atoms. The van der Waals surface area contributed by atoms with E-state index in [1.54, 1.807) is 13.8 Å². The molecular formula is C9H18N2O3. The summed E-state index contributed by atoms with van der Waals surface area (Å²) in [6, 6.07) is 0. The van der Waals surface area contributed by atoms with Crippen LogP contribution in [0.4, 0.5) is 0 Å². The third kappa shape index (κ3) is 5.53. The maximum Gasteiger partial charge on any atom is 0.310 e. The van der Waals surface area contributed by atoms with Gasteiger partial charge >= 0.3 is 5.97 Å². The molecule has 1 unspecified atom stereocenters. The first kappa shape index (κ1) is 12.9. The van der Waals surface area contributed by atoms with Crippen LogP contribution in [0.5, 0.6) is 0 Å². The Morgan fingerprint density at radius 2 is 2.14 bits per heavy atom. The average molecular weight is 202 g/mol. The molecule has 0 aliphatic carbocycles. The van der Waals surface area contributed by atoms with Gasteiger partial charge in [0.05, 0.1) is 12.5 Å². The van der Waals surface area contributed by atoms with E-state index in [4.69, 9.17) is 10.5 Å². The Labute approximate surface area is 84.0 Å². The number of esters is 1. The van der Waals surface area contributed by atoms with Crippen LogP contribution >= 0.6 is 0 Å². The molecule has 0 aromatic carbocycles. The number of amides is 1. The van der Waals surface area contributed by atoms with Crippen molar-refractivity contribution < 1.29 is 14.3 Å². The maximum atomic E-state index is 11.1.